The summed E-state index contributed by atoms with van der Waals surface area (Å²) < 4.78 is 0. The molecule has 0 aliphatic rings. The fourth-order valence-electron chi connectivity index (χ4n) is 2.19. The highest BCUT2D eigenvalue weighted by molar-refractivity contribution is 7.99. The highest BCUT2D eigenvalue weighted by Crippen LogP contribution is 2.16. The molecule has 0 spiro atoms. The van der Waals surface area contributed by atoms with E-state index in [0.717, 1.165) is 22.6 Å². The molecular formula is C20H23ClN2O2S. The highest BCUT2D eigenvalue weighted by atomic mass is 35.5. The maximum absolute atomic E-state index is 12.0. The lowest BCUT2D eigenvalue weighted by atomic mass is 10.1. The zero-order chi connectivity index (χ0) is 18.9. The van der Waals surface area contributed by atoms with E-state index in [9.17, 15) is 9.59 Å². The first kappa shape index (κ1) is 20.3. The largest absolute Gasteiger partial charge is 0.351 e. The van der Waals surface area contributed by atoms with Crippen LogP contribution in [0.4, 0.5) is 5.69 Å². The molecule has 2 rings (SSSR count). The van der Waals surface area contributed by atoms with Crippen LogP contribution in [0.2, 0.25) is 5.02 Å². The zero-order valence-corrected chi connectivity index (χ0v) is 16.5. The van der Waals surface area contributed by atoms with Crippen LogP contribution in [0.1, 0.15) is 25.0 Å². The monoisotopic (exact) mass is 390 g/mol. The van der Waals surface area contributed by atoms with E-state index >= 15 is 0 Å². The lowest BCUT2D eigenvalue weighted by Gasteiger charge is -2.10. The summed E-state index contributed by atoms with van der Waals surface area (Å²) >= 11 is 7.50. The standard InChI is InChI=1S/C20H23ClN2O2S/c1-14(2)20(25)23-18-8-4-5-15(10-18)11-22-19(24)13-26-12-16-6-3-7-17(21)9-16/h3-10,14H,11-13H2,1-2H3,(H,22,24)(H,23,25). The molecule has 0 aliphatic heterocycles. The van der Waals surface area contributed by atoms with Gasteiger partial charge in [0.05, 0.1) is 5.75 Å². The Morgan fingerprint density at radius 2 is 1.81 bits per heavy atom. The average Bonchev–Trinajstić information content (AvgIpc) is 2.60. The number of rotatable bonds is 8. The molecule has 6 heteroatoms. The molecule has 0 atom stereocenters. The van der Waals surface area contributed by atoms with E-state index in [0.29, 0.717) is 17.3 Å². The molecule has 0 heterocycles. The van der Waals surface area contributed by atoms with E-state index < -0.39 is 0 Å². The van der Waals surface area contributed by atoms with Gasteiger partial charge in [0.25, 0.3) is 0 Å². The van der Waals surface area contributed by atoms with Gasteiger partial charge < -0.3 is 10.6 Å². The molecule has 0 fully saturated rings. The predicted octanol–water partition coefficient (Wildman–Crippen LogP) is 4.48. The Labute approximate surface area is 163 Å². The van der Waals surface area contributed by atoms with Crippen molar-refractivity contribution in [3.63, 3.8) is 0 Å². The number of halogens is 1. The van der Waals surface area contributed by atoms with Crippen molar-refractivity contribution in [1.82, 2.24) is 5.32 Å². The summed E-state index contributed by atoms with van der Waals surface area (Å²) in [4.78, 5) is 23.8. The minimum absolute atomic E-state index is 0.0198. The van der Waals surface area contributed by atoms with Crippen molar-refractivity contribution < 1.29 is 9.59 Å². The minimum Gasteiger partial charge on any atom is -0.351 e. The number of hydrogen-bond acceptors (Lipinski definition) is 3. The number of carbonyl (C=O) groups excluding carboxylic acids is 2. The third kappa shape index (κ3) is 7.10. The van der Waals surface area contributed by atoms with Gasteiger partial charge >= 0.3 is 0 Å². The van der Waals surface area contributed by atoms with Crippen LogP contribution in [0.3, 0.4) is 0 Å². The van der Waals surface area contributed by atoms with E-state index in [-0.39, 0.29) is 17.7 Å². The smallest absolute Gasteiger partial charge is 0.230 e. The van der Waals surface area contributed by atoms with Crippen molar-refractivity contribution >= 4 is 40.9 Å². The van der Waals surface area contributed by atoms with Crippen molar-refractivity contribution in [2.75, 3.05) is 11.1 Å². The Bertz CT molecular complexity index is 765. The summed E-state index contributed by atoms with van der Waals surface area (Å²) in [6, 6.07) is 15.1. The van der Waals surface area contributed by atoms with Crippen molar-refractivity contribution in [3.8, 4) is 0 Å². The summed E-state index contributed by atoms with van der Waals surface area (Å²) in [5, 5.41) is 6.47. The lowest BCUT2D eigenvalue weighted by molar-refractivity contribution is -0.119. The first-order valence-corrected chi connectivity index (χ1v) is 9.96. The van der Waals surface area contributed by atoms with Crippen molar-refractivity contribution in [2.24, 2.45) is 5.92 Å². The normalized spacial score (nSPS) is 10.6. The molecule has 0 aliphatic carbocycles. The number of thioether (sulfide) groups is 1. The van der Waals surface area contributed by atoms with Crippen LogP contribution in [0.5, 0.6) is 0 Å². The molecule has 0 bridgehead atoms. The number of carbonyl (C=O) groups is 2. The predicted molar refractivity (Wildman–Crippen MR) is 109 cm³/mol. The van der Waals surface area contributed by atoms with Gasteiger partial charge in [0.15, 0.2) is 0 Å². The maximum atomic E-state index is 12.0. The first-order chi connectivity index (χ1) is 12.4. The number of nitrogens with one attached hydrogen (secondary N) is 2. The second kappa shape index (κ2) is 10.2. The summed E-state index contributed by atoms with van der Waals surface area (Å²) in [6.45, 7) is 4.13. The van der Waals surface area contributed by atoms with Gasteiger partial charge in [-0.1, -0.05) is 49.7 Å². The van der Waals surface area contributed by atoms with Crippen molar-refractivity contribution in [1.29, 1.82) is 0 Å². The molecule has 0 saturated carbocycles. The van der Waals surface area contributed by atoms with Gasteiger partial charge in [0, 0.05) is 28.9 Å². The van der Waals surface area contributed by atoms with Crippen LogP contribution < -0.4 is 10.6 Å². The van der Waals surface area contributed by atoms with Crippen LogP contribution in [0.15, 0.2) is 48.5 Å². The van der Waals surface area contributed by atoms with E-state index in [2.05, 4.69) is 10.6 Å². The molecule has 2 amide bonds. The number of anilines is 1. The third-order valence-electron chi connectivity index (χ3n) is 3.60. The molecular weight excluding hydrogens is 368 g/mol. The summed E-state index contributed by atoms with van der Waals surface area (Å²) in [6.07, 6.45) is 0. The van der Waals surface area contributed by atoms with Crippen LogP contribution >= 0.6 is 23.4 Å². The van der Waals surface area contributed by atoms with Gasteiger partial charge in [-0.05, 0) is 35.4 Å². The second-order valence-corrected chi connectivity index (χ2v) is 7.67. The number of amides is 2. The molecule has 0 unspecified atom stereocenters. The van der Waals surface area contributed by atoms with Gasteiger partial charge in [0.1, 0.15) is 0 Å². The van der Waals surface area contributed by atoms with Crippen LogP contribution in [-0.4, -0.2) is 17.6 Å². The number of hydrogen-bond donors (Lipinski definition) is 2. The van der Waals surface area contributed by atoms with Gasteiger partial charge in [-0.3, -0.25) is 9.59 Å². The highest BCUT2D eigenvalue weighted by Gasteiger charge is 2.08. The quantitative estimate of drug-likeness (QED) is 0.698. The fourth-order valence-corrected chi connectivity index (χ4v) is 3.20. The van der Waals surface area contributed by atoms with Gasteiger partial charge in [0.2, 0.25) is 11.8 Å². The van der Waals surface area contributed by atoms with E-state index in [4.69, 9.17) is 11.6 Å². The van der Waals surface area contributed by atoms with E-state index in [1.807, 2.05) is 62.4 Å². The van der Waals surface area contributed by atoms with Crippen molar-refractivity contribution in [3.05, 3.63) is 64.7 Å². The molecule has 4 nitrogen and oxygen atoms in total. The Morgan fingerprint density at radius 1 is 1.08 bits per heavy atom. The van der Waals surface area contributed by atoms with Gasteiger partial charge in [-0.25, -0.2) is 0 Å². The minimum atomic E-state index is -0.0742. The summed E-state index contributed by atoms with van der Waals surface area (Å²) in [5.41, 5.74) is 2.79. The molecule has 0 radical (unpaired) electrons. The fraction of sp³-hybridized carbons (Fsp3) is 0.300. The first-order valence-electron chi connectivity index (χ1n) is 8.42. The summed E-state index contributed by atoms with van der Waals surface area (Å²) in [5.74, 6) is 1.01. The van der Waals surface area contributed by atoms with E-state index in [1.54, 1.807) is 11.8 Å². The molecule has 0 aromatic heterocycles. The Kier molecular flexibility index (Phi) is 8.01. The lowest BCUT2D eigenvalue weighted by Crippen LogP contribution is -2.24. The molecule has 2 aromatic carbocycles. The van der Waals surface area contributed by atoms with Gasteiger partial charge in [-0.2, -0.15) is 0 Å². The molecule has 138 valence electrons. The SMILES string of the molecule is CC(C)C(=O)Nc1cccc(CNC(=O)CSCc2cccc(Cl)c2)c1. The third-order valence-corrected chi connectivity index (χ3v) is 4.84. The zero-order valence-electron chi connectivity index (χ0n) is 14.9. The maximum Gasteiger partial charge on any atom is 0.230 e. The molecule has 2 N–H and O–H groups in total. The molecule has 0 saturated heterocycles. The van der Waals surface area contributed by atoms with Crippen molar-refractivity contribution in [2.45, 2.75) is 26.1 Å². The van der Waals surface area contributed by atoms with Gasteiger partial charge in [-0.15, -0.1) is 11.8 Å². The summed E-state index contributed by atoms with van der Waals surface area (Å²) in [7, 11) is 0. The Balaban J connectivity index is 1.75. The Morgan fingerprint density at radius 3 is 2.54 bits per heavy atom. The van der Waals surface area contributed by atoms with Crippen LogP contribution in [0, 0.1) is 5.92 Å². The number of benzene rings is 2. The van der Waals surface area contributed by atoms with E-state index in [1.165, 1.54) is 0 Å². The molecule has 26 heavy (non-hydrogen) atoms. The van der Waals surface area contributed by atoms with Crippen LogP contribution in [-0.2, 0) is 21.9 Å². The average molecular weight is 391 g/mol. The second-order valence-electron chi connectivity index (χ2n) is 6.24. The topological polar surface area (TPSA) is 58.2 Å². The van der Waals surface area contributed by atoms with Crippen LogP contribution in [0.25, 0.3) is 0 Å². The molecule has 2 aromatic rings. The Hall–Kier alpha value is -1.98.